The van der Waals surface area contributed by atoms with Gasteiger partial charge in [-0.25, -0.2) is 9.97 Å². The summed E-state index contributed by atoms with van der Waals surface area (Å²) in [6, 6.07) is 0.342. The van der Waals surface area contributed by atoms with Crippen molar-refractivity contribution in [2.75, 3.05) is 0 Å². The maximum atomic E-state index is 12.2. The first-order valence-electron chi connectivity index (χ1n) is 5.61. The fourth-order valence-electron chi connectivity index (χ4n) is 1.90. The Morgan fingerprint density at radius 3 is 2.76 bits per heavy atom. The van der Waals surface area contributed by atoms with Crippen molar-refractivity contribution < 1.29 is 0 Å². The van der Waals surface area contributed by atoms with Crippen LogP contribution in [0.3, 0.4) is 0 Å². The van der Waals surface area contributed by atoms with E-state index in [0.29, 0.717) is 17.7 Å². The molecule has 0 bridgehead atoms. The van der Waals surface area contributed by atoms with Crippen molar-refractivity contribution in [3.05, 3.63) is 41.0 Å². The Labute approximate surface area is 97.7 Å². The first-order valence-corrected chi connectivity index (χ1v) is 5.61. The minimum absolute atomic E-state index is 0.0808. The zero-order valence-corrected chi connectivity index (χ0v) is 9.28. The zero-order chi connectivity index (χ0) is 11.8. The van der Waals surface area contributed by atoms with E-state index < -0.39 is 0 Å². The second-order valence-electron chi connectivity index (χ2n) is 4.11. The van der Waals surface area contributed by atoms with E-state index in [-0.39, 0.29) is 12.1 Å². The predicted molar refractivity (Wildman–Crippen MR) is 61.8 cm³/mol. The lowest BCUT2D eigenvalue weighted by Gasteiger charge is -2.07. The third-order valence-electron chi connectivity index (χ3n) is 2.92. The van der Waals surface area contributed by atoms with Crippen LogP contribution in [-0.4, -0.2) is 19.1 Å². The molecule has 88 valence electrons. The van der Waals surface area contributed by atoms with Crippen molar-refractivity contribution in [3.63, 3.8) is 0 Å². The number of hydrogen-bond donors (Lipinski definition) is 1. The summed E-state index contributed by atoms with van der Waals surface area (Å²) in [6.07, 6.45) is 8.85. The van der Waals surface area contributed by atoms with E-state index in [2.05, 4.69) is 9.97 Å². The topological polar surface area (TPSA) is 78.7 Å². The van der Waals surface area contributed by atoms with E-state index in [1.54, 1.807) is 33.9 Å². The molecular formula is C11H13N5O. The lowest BCUT2D eigenvalue weighted by atomic mass is 10.5. The normalized spacial score (nSPS) is 15.1. The van der Waals surface area contributed by atoms with E-state index in [1.165, 1.54) is 0 Å². The Bertz CT molecular complexity index is 596. The van der Waals surface area contributed by atoms with Crippen molar-refractivity contribution in [2.24, 2.45) is 5.73 Å². The number of hydrogen-bond acceptors (Lipinski definition) is 4. The maximum Gasteiger partial charge on any atom is 0.294 e. The van der Waals surface area contributed by atoms with Gasteiger partial charge in [0.05, 0.1) is 6.54 Å². The van der Waals surface area contributed by atoms with Crippen molar-refractivity contribution in [3.8, 4) is 5.82 Å². The minimum atomic E-state index is -0.0808. The summed E-state index contributed by atoms with van der Waals surface area (Å²) in [4.78, 5) is 20.5. The van der Waals surface area contributed by atoms with E-state index in [9.17, 15) is 4.79 Å². The van der Waals surface area contributed by atoms with Gasteiger partial charge in [-0.2, -0.15) is 0 Å². The monoisotopic (exact) mass is 231 g/mol. The largest absolute Gasteiger partial charge is 0.324 e. The molecule has 2 aromatic rings. The molecule has 0 aliphatic heterocycles. The van der Waals surface area contributed by atoms with Gasteiger partial charge in [0.15, 0.2) is 0 Å². The molecule has 3 rings (SSSR count). The van der Waals surface area contributed by atoms with Crippen molar-refractivity contribution in [2.45, 2.75) is 25.4 Å². The molecule has 0 atom stereocenters. The molecule has 17 heavy (non-hydrogen) atoms. The van der Waals surface area contributed by atoms with Crippen LogP contribution in [0.15, 0.2) is 29.6 Å². The first-order chi connectivity index (χ1) is 8.31. The molecule has 0 radical (unpaired) electrons. The van der Waals surface area contributed by atoms with Gasteiger partial charge < -0.3 is 10.3 Å². The molecule has 6 heteroatoms. The SMILES string of the molecule is NCc1nccn1-c1nccn(C2CC2)c1=O. The third-order valence-corrected chi connectivity index (χ3v) is 2.92. The van der Waals surface area contributed by atoms with Gasteiger partial charge in [0.2, 0.25) is 5.82 Å². The van der Waals surface area contributed by atoms with Gasteiger partial charge >= 0.3 is 0 Å². The Morgan fingerprint density at radius 1 is 1.29 bits per heavy atom. The molecule has 0 unspecified atom stereocenters. The van der Waals surface area contributed by atoms with Crippen LogP contribution in [0, 0.1) is 0 Å². The molecule has 0 spiro atoms. The quantitative estimate of drug-likeness (QED) is 0.819. The van der Waals surface area contributed by atoms with Crippen LogP contribution in [-0.2, 0) is 6.54 Å². The van der Waals surface area contributed by atoms with Crippen LogP contribution >= 0.6 is 0 Å². The van der Waals surface area contributed by atoms with Gasteiger partial charge in [-0.1, -0.05) is 0 Å². The average molecular weight is 231 g/mol. The van der Waals surface area contributed by atoms with Gasteiger partial charge in [0.1, 0.15) is 5.82 Å². The Balaban J connectivity index is 2.15. The van der Waals surface area contributed by atoms with Gasteiger partial charge in [-0.05, 0) is 12.8 Å². The van der Waals surface area contributed by atoms with Crippen LogP contribution in [0.2, 0.25) is 0 Å². The van der Waals surface area contributed by atoms with Crippen LogP contribution in [0.4, 0.5) is 0 Å². The summed E-state index contributed by atoms with van der Waals surface area (Å²) in [5.74, 6) is 1.01. The van der Waals surface area contributed by atoms with Gasteiger partial charge in [0.25, 0.3) is 5.56 Å². The van der Waals surface area contributed by atoms with Gasteiger partial charge in [-0.3, -0.25) is 9.36 Å². The van der Waals surface area contributed by atoms with Crippen molar-refractivity contribution in [1.29, 1.82) is 0 Å². The first kappa shape index (κ1) is 10.2. The molecule has 0 aromatic carbocycles. The number of nitrogens with two attached hydrogens (primary N) is 1. The minimum Gasteiger partial charge on any atom is -0.324 e. The molecular weight excluding hydrogens is 218 g/mol. The highest BCUT2D eigenvalue weighted by Gasteiger charge is 2.25. The fraction of sp³-hybridized carbons (Fsp3) is 0.364. The standard InChI is InChI=1S/C11H13N5O/c12-7-9-13-3-6-16(9)10-11(17)15(5-4-14-10)8-1-2-8/h3-6,8H,1-2,7,12H2. The van der Waals surface area contributed by atoms with E-state index in [0.717, 1.165) is 12.8 Å². The Hall–Kier alpha value is -1.95. The van der Waals surface area contributed by atoms with E-state index >= 15 is 0 Å². The van der Waals surface area contributed by atoms with E-state index in [4.69, 9.17) is 5.73 Å². The molecule has 1 aliphatic carbocycles. The predicted octanol–water partition coefficient (Wildman–Crippen LogP) is 0.223. The summed E-state index contributed by atoms with van der Waals surface area (Å²) in [5, 5.41) is 0. The summed E-state index contributed by atoms with van der Waals surface area (Å²) in [7, 11) is 0. The highest BCUT2D eigenvalue weighted by molar-refractivity contribution is 5.22. The van der Waals surface area contributed by atoms with Crippen LogP contribution < -0.4 is 11.3 Å². The molecule has 2 heterocycles. The third kappa shape index (κ3) is 1.66. The number of aromatic nitrogens is 4. The molecule has 1 saturated carbocycles. The fourth-order valence-corrected chi connectivity index (χ4v) is 1.90. The van der Waals surface area contributed by atoms with Crippen molar-refractivity contribution in [1.82, 2.24) is 19.1 Å². The molecule has 0 saturated heterocycles. The number of imidazole rings is 1. The van der Waals surface area contributed by atoms with E-state index in [1.807, 2.05) is 0 Å². The smallest absolute Gasteiger partial charge is 0.294 e. The summed E-state index contributed by atoms with van der Waals surface area (Å²) in [5.41, 5.74) is 5.49. The van der Waals surface area contributed by atoms with Gasteiger partial charge in [0, 0.05) is 30.8 Å². The highest BCUT2D eigenvalue weighted by Crippen LogP contribution is 2.33. The van der Waals surface area contributed by atoms with Crippen LogP contribution in [0.25, 0.3) is 5.82 Å². The maximum absolute atomic E-state index is 12.2. The van der Waals surface area contributed by atoms with Crippen LogP contribution in [0.1, 0.15) is 24.7 Å². The molecule has 1 fully saturated rings. The molecule has 1 aliphatic rings. The Morgan fingerprint density at radius 2 is 2.06 bits per heavy atom. The lowest BCUT2D eigenvalue weighted by Crippen LogP contribution is -2.25. The number of rotatable bonds is 3. The number of nitrogens with zero attached hydrogens (tertiary/aromatic N) is 4. The molecule has 6 nitrogen and oxygen atoms in total. The molecule has 2 N–H and O–H groups in total. The van der Waals surface area contributed by atoms with Crippen LogP contribution in [0.5, 0.6) is 0 Å². The zero-order valence-electron chi connectivity index (χ0n) is 9.28. The summed E-state index contributed by atoms with van der Waals surface area (Å²) >= 11 is 0. The van der Waals surface area contributed by atoms with Gasteiger partial charge in [-0.15, -0.1) is 0 Å². The Kier molecular flexibility index (Phi) is 2.29. The molecule has 0 amide bonds. The second kappa shape index (κ2) is 3.81. The highest BCUT2D eigenvalue weighted by atomic mass is 16.1. The summed E-state index contributed by atoms with van der Waals surface area (Å²) in [6.45, 7) is 0.284. The lowest BCUT2D eigenvalue weighted by molar-refractivity contribution is 0.683. The van der Waals surface area contributed by atoms with Crippen molar-refractivity contribution >= 4 is 0 Å². The summed E-state index contributed by atoms with van der Waals surface area (Å²) < 4.78 is 3.39. The average Bonchev–Trinajstić information content (AvgIpc) is 3.07. The molecule has 2 aromatic heterocycles. The second-order valence-corrected chi connectivity index (χ2v) is 4.11.